The van der Waals surface area contributed by atoms with Crippen LogP contribution in [0.2, 0.25) is 0 Å². The molecule has 0 amide bonds. The second kappa shape index (κ2) is 5.72. The summed E-state index contributed by atoms with van der Waals surface area (Å²) >= 11 is 0. The fourth-order valence-corrected chi connectivity index (χ4v) is 1.49. The van der Waals surface area contributed by atoms with Crippen LogP contribution in [-0.4, -0.2) is 31.4 Å². The average molecular weight is 242 g/mol. The molecule has 0 spiro atoms. The summed E-state index contributed by atoms with van der Waals surface area (Å²) in [5, 5.41) is 9.10. The largest absolute Gasteiger partial charge is 0.491 e. The Balaban J connectivity index is 3.10. The Morgan fingerprint density at radius 3 is 2.71 bits per heavy atom. The van der Waals surface area contributed by atoms with Crippen LogP contribution in [-0.2, 0) is 0 Å². The van der Waals surface area contributed by atoms with Crippen molar-refractivity contribution in [1.82, 2.24) is 0 Å². The SMILES string of the molecule is CCOc1cc(N(C)C(C)CO)c(N)cc1F. The van der Waals surface area contributed by atoms with Gasteiger partial charge in [0.1, 0.15) is 0 Å². The standard InChI is InChI=1S/C12H19FN2O2/c1-4-17-12-6-11(10(14)5-9(12)13)15(3)8(2)7-16/h5-6,8,16H,4,7,14H2,1-3H3. The lowest BCUT2D eigenvalue weighted by Gasteiger charge is -2.27. The van der Waals surface area contributed by atoms with Crippen LogP contribution < -0.4 is 15.4 Å². The Labute approximate surface area is 101 Å². The Morgan fingerprint density at radius 1 is 1.53 bits per heavy atom. The van der Waals surface area contributed by atoms with Gasteiger partial charge in [-0.25, -0.2) is 4.39 Å². The van der Waals surface area contributed by atoms with Gasteiger partial charge in [0.05, 0.1) is 24.6 Å². The predicted molar refractivity (Wildman–Crippen MR) is 66.9 cm³/mol. The molecule has 0 fully saturated rings. The van der Waals surface area contributed by atoms with E-state index in [4.69, 9.17) is 15.6 Å². The quantitative estimate of drug-likeness (QED) is 0.770. The van der Waals surface area contributed by atoms with E-state index in [1.165, 1.54) is 6.07 Å². The molecule has 0 bridgehead atoms. The maximum absolute atomic E-state index is 13.5. The molecule has 96 valence electrons. The fourth-order valence-electron chi connectivity index (χ4n) is 1.49. The van der Waals surface area contributed by atoms with Crippen LogP contribution in [0.4, 0.5) is 15.8 Å². The van der Waals surface area contributed by atoms with Crippen LogP contribution >= 0.6 is 0 Å². The number of hydrogen-bond acceptors (Lipinski definition) is 4. The zero-order valence-corrected chi connectivity index (χ0v) is 10.4. The zero-order chi connectivity index (χ0) is 13.0. The second-order valence-electron chi connectivity index (χ2n) is 3.92. The Morgan fingerprint density at radius 2 is 2.18 bits per heavy atom. The first kappa shape index (κ1) is 13.6. The van der Waals surface area contributed by atoms with Crippen LogP contribution in [0, 0.1) is 5.82 Å². The number of aliphatic hydroxyl groups is 1. The first-order valence-corrected chi connectivity index (χ1v) is 5.56. The summed E-state index contributed by atoms with van der Waals surface area (Å²) in [7, 11) is 1.79. The molecule has 4 nitrogen and oxygen atoms in total. The lowest BCUT2D eigenvalue weighted by molar-refractivity contribution is 0.270. The van der Waals surface area contributed by atoms with E-state index in [2.05, 4.69) is 0 Å². The van der Waals surface area contributed by atoms with Crippen LogP contribution in [0.5, 0.6) is 5.75 Å². The number of ether oxygens (including phenoxy) is 1. The minimum absolute atomic E-state index is 0.00269. The van der Waals surface area contributed by atoms with Crippen molar-refractivity contribution in [2.45, 2.75) is 19.9 Å². The first-order valence-electron chi connectivity index (χ1n) is 5.56. The van der Waals surface area contributed by atoms with Crippen molar-refractivity contribution in [3.8, 4) is 5.75 Å². The third-order valence-corrected chi connectivity index (χ3v) is 2.69. The number of halogens is 1. The predicted octanol–water partition coefficient (Wildman–Crippen LogP) is 1.62. The van der Waals surface area contributed by atoms with Crippen molar-refractivity contribution in [2.75, 3.05) is 30.9 Å². The number of nitrogens with zero attached hydrogens (tertiary/aromatic N) is 1. The van der Waals surface area contributed by atoms with Gasteiger partial charge >= 0.3 is 0 Å². The van der Waals surface area contributed by atoms with E-state index >= 15 is 0 Å². The molecule has 5 heteroatoms. The number of aliphatic hydroxyl groups excluding tert-OH is 1. The van der Waals surface area contributed by atoms with Crippen molar-refractivity contribution in [3.05, 3.63) is 17.9 Å². The molecule has 0 saturated carbocycles. The Hall–Kier alpha value is -1.49. The van der Waals surface area contributed by atoms with Crippen LogP contribution in [0.3, 0.4) is 0 Å². The molecule has 0 aliphatic rings. The third kappa shape index (κ3) is 3.00. The van der Waals surface area contributed by atoms with Gasteiger partial charge in [0.2, 0.25) is 0 Å². The van der Waals surface area contributed by atoms with Gasteiger partial charge in [0, 0.05) is 25.2 Å². The van der Waals surface area contributed by atoms with E-state index in [1.807, 2.05) is 6.92 Å². The third-order valence-electron chi connectivity index (χ3n) is 2.69. The molecule has 0 saturated heterocycles. The molecule has 1 aromatic rings. The Kier molecular flexibility index (Phi) is 4.57. The van der Waals surface area contributed by atoms with Gasteiger partial charge < -0.3 is 20.5 Å². The van der Waals surface area contributed by atoms with Gasteiger partial charge in [-0.15, -0.1) is 0 Å². The number of nitrogen functional groups attached to an aromatic ring is 1. The highest BCUT2D eigenvalue weighted by atomic mass is 19.1. The van der Waals surface area contributed by atoms with Gasteiger partial charge in [0.25, 0.3) is 0 Å². The molecule has 1 unspecified atom stereocenters. The highest BCUT2D eigenvalue weighted by Gasteiger charge is 2.15. The number of nitrogens with two attached hydrogens (primary N) is 1. The summed E-state index contributed by atoms with van der Waals surface area (Å²) in [6, 6.07) is 2.69. The van der Waals surface area contributed by atoms with Crippen LogP contribution in [0.25, 0.3) is 0 Å². The molecule has 1 atom stereocenters. The summed E-state index contributed by atoms with van der Waals surface area (Å²) in [5.74, 6) is -0.299. The summed E-state index contributed by atoms with van der Waals surface area (Å²) in [5.41, 5.74) is 6.74. The van der Waals surface area contributed by atoms with E-state index in [-0.39, 0.29) is 18.4 Å². The van der Waals surface area contributed by atoms with Crippen molar-refractivity contribution >= 4 is 11.4 Å². The van der Waals surface area contributed by atoms with Crippen LogP contribution in [0.1, 0.15) is 13.8 Å². The minimum atomic E-state index is -0.474. The lowest BCUT2D eigenvalue weighted by atomic mass is 10.2. The molecule has 3 N–H and O–H groups in total. The molecular weight excluding hydrogens is 223 g/mol. The monoisotopic (exact) mass is 242 g/mol. The van der Waals surface area contributed by atoms with Crippen LogP contribution in [0.15, 0.2) is 12.1 Å². The second-order valence-corrected chi connectivity index (χ2v) is 3.92. The fraction of sp³-hybridized carbons (Fsp3) is 0.500. The molecule has 0 aliphatic carbocycles. The summed E-state index contributed by atoms with van der Waals surface area (Å²) in [6.45, 7) is 4.02. The molecular formula is C12H19FN2O2. The molecule has 0 aliphatic heterocycles. The molecule has 0 radical (unpaired) electrons. The van der Waals surface area contributed by atoms with E-state index in [0.29, 0.717) is 18.0 Å². The van der Waals surface area contributed by atoms with E-state index in [0.717, 1.165) is 0 Å². The van der Waals surface area contributed by atoms with Crippen molar-refractivity contribution in [1.29, 1.82) is 0 Å². The van der Waals surface area contributed by atoms with Crippen molar-refractivity contribution < 1.29 is 14.2 Å². The lowest BCUT2D eigenvalue weighted by Crippen LogP contribution is -2.32. The molecule has 17 heavy (non-hydrogen) atoms. The van der Waals surface area contributed by atoms with Crippen molar-refractivity contribution in [2.24, 2.45) is 0 Å². The maximum Gasteiger partial charge on any atom is 0.167 e. The number of rotatable bonds is 5. The highest BCUT2D eigenvalue weighted by molar-refractivity contribution is 5.70. The molecule has 1 aromatic carbocycles. The first-order chi connectivity index (χ1) is 8.01. The van der Waals surface area contributed by atoms with E-state index in [9.17, 15) is 4.39 Å². The number of anilines is 2. The van der Waals surface area contributed by atoms with E-state index in [1.54, 1.807) is 24.9 Å². The minimum Gasteiger partial charge on any atom is -0.491 e. The van der Waals surface area contributed by atoms with Gasteiger partial charge in [-0.2, -0.15) is 0 Å². The Bertz CT molecular complexity index is 385. The number of hydrogen-bond donors (Lipinski definition) is 2. The van der Waals surface area contributed by atoms with Gasteiger partial charge in [-0.05, 0) is 13.8 Å². The number of benzene rings is 1. The summed E-state index contributed by atoms with van der Waals surface area (Å²) < 4.78 is 18.7. The molecule has 0 heterocycles. The smallest absolute Gasteiger partial charge is 0.167 e. The van der Waals surface area contributed by atoms with Gasteiger partial charge in [-0.1, -0.05) is 0 Å². The number of likely N-dealkylation sites (N-methyl/N-ethyl adjacent to an activating group) is 1. The topological polar surface area (TPSA) is 58.7 Å². The highest BCUT2D eigenvalue weighted by Crippen LogP contribution is 2.31. The maximum atomic E-state index is 13.5. The summed E-state index contributed by atoms with van der Waals surface area (Å²) in [4.78, 5) is 1.79. The zero-order valence-electron chi connectivity index (χ0n) is 10.4. The van der Waals surface area contributed by atoms with Crippen molar-refractivity contribution in [3.63, 3.8) is 0 Å². The summed E-state index contributed by atoms with van der Waals surface area (Å²) in [6.07, 6.45) is 0. The molecule has 0 aromatic heterocycles. The average Bonchev–Trinajstić information content (AvgIpc) is 2.31. The molecule has 1 rings (SSSR count). The normalized spacial score (nSPS) is 12.3. The van der Waals surface area contributed by atoms with E-state index < -0.39 is 5.82 Å². The van der Waals surface area contributed by atoms with Gasteiger partial charge in [-0.3, -0.25) is 0 Å². The van der Waals surface area contributed by atoms with Gasteiger partial charge in [0.15, 0.2) is 11.6 Å².